The lowest BCUT2D eigenvalue weighted by Gasteiger charge is -2.34. The molecule has 1 amide bonds. The number of rotatable bonds is 7. The van der Waals surface area contributed by atoms with Gasteiger partial charge in [-0.25, -0.2) is 4.68 Å². The molecule has 0 saturated carbocycles. The van der Waals surface area contributed by atoms with Crippen molar-refractivity contribution in [3.8, 4) is 5.75 Å². The van der Waals surface area contributed by atoms with E-state index in [2.05, 4.69) is 27.3 Å². The average molecular weight is 387 g/mol. The molecule has 0 spiro atoms. The van der Waals surface area contributed by atoms with E-state index in [1.165, 1.54) is 5.56 Å². The van der Waals surface area contributed by atoms with E-state index in [1.54, 1.807) is 25.1 Å². The fourth-order valence-corrected chi connectivity index (χ4v) is 3.14. The molecule has 1 aliphatic heterocycles. The van der Waals surface area contributed by atoms with Crippen LogP contribution in [0.5, 0.6) is 5.75 Å². The molecule has 152 valence electrons. The number of benzene rings is 1. The van der Waals surface area contributed by atoms with Crippen LogP contribution >= 0.6 is 0 Å². The van der Waals surface area contributed by atoms with Crippen molar-refractivity contribution in [1.29, 1.82) is 0 Å². The maximum Gasteiger partial charge on any atom is 0.244 e. The van der Waals surface area contributed by atoms with Crippen LogP contribution in [0, 0.1) is 0 Å². The number of nitrogens with zero attached hydrogens (tertiary/aromatic N) is 5. The molecular weight excluding hydrogens is 358 g/mol. The molecule has 0 bridgehead atoms. The fraction of sp³-hybridized carbons (Fsp3) is 0.550. The van der Waals surface area contributed by atoms with Gasteiger partial charge < -0.3 is 14.4 Å². The topological polar surface area (TPSA) is 72.7 Å². The van der Waals surface area contributed by atoms with E-state index in [4.69, 9.17) is 9.47 Å². The maximum atomic E-state index is 12.6. The predicted octanol–water partition coefficient (Wildman–Crippen LogP) is 1.51. The average Bonchev–Trinajstić information content (AvgIpc) is 3.18. The molecule has 2 aromatic rings. The monoisotopic (exact) mass is 387 g/mol. The van der Waals surface area contributed by atoms with Gasteiger partial charge in [-0.2, -0.15) is 0 Å². The van der Waals surface area contributed by atoms with E-state index >= 15 is 0 Å². The zero-order valence-corrected chi connectivity index (χ0v) is 17.1. The summed E-state index contributed by atoms with van der Waals surface area (Å²) in [6.07, 6.45) is 1.78. The van der Waals surface area contributed by atoms with Crippen molar-refractivity contribution < 1.29 is 14.3 Å². The van der Waals surface area contributed by atoms with Crippen molar-refractivity contribution in [2.24, 2.45) is 0 Å². The predicted molar refractivity (Wildman–Crippen MR) is 105 cm³/mol. The standard InChI is InChI=1S/C20H29N5O3/c1-20(2,28-4)18-14-25(22-21-18)15-19(26)24-11-9-23(10-12-24)13-16-5-7-17(27-3)8-6-16/h5-8,14H,9-13,15H2,1-4H3. The molecule has 1 fully saturated rings. The maximum absolute atomic E-state index is 12.6. The van der Waals surface area contributed by atoms with Gasteiger partial charge in [0.05, 0.1) is 13.3 Å². The second-order valence-electron chi connectivity index (χ2n) is 7.52. The SMILES string of the molecule is COc1ccc(CN2CCN(C(=O)Cn3cc(C(C)(C)OC)nn3)CC2)cc1. The molecule has 3 rings (SSSR count). The highest BCUT2D eigenvalue weighted by molar-refractivity contribution is 5.76. The summed E-state index contributed by atoms with van der Waals surface area (Å²) in [5.41, 5.74) is 1.44. The number of carbonyl (C=O) groups is 1. The van der Waals surface area contributed by atoms with Gasteiger partial charge in [-0.3, -0.25) is 9.69 Å². The highest BCUT2D eigenvalue weighted by Gasteiger charge is 2.25. The molecule has 0 unspecified atom stereocenters. The van der Waals surface area contributed by atoms with Crippen LogP contribution in [0.25, 0.3) is 0 Å². The Morgan fingerprint density at radius 2 is 1.79 bits per heavy atom. The second kappa shape index (κ2) is 8.70. The first-order valence-corrected chi connectivity index (χ1v) is 9.50. The Kier molecular flexibility index (Phi) is 6.31. The molecule has 0 atom stereocenters. The van der Waals surface area contributed by atoms with Gasteiger partial charge in [0.25, 0.3) is 0 Å². The molecule has 1 aromatic carbocycles. The second-order valence-corrected chi connectivity index (χ2v) is 7.52. The normalized spacial score (nSPS) is 15.6. The largest absolute Gasteiger partial charge is 0.497 e. The molecule has 1 saturated heterocycles. The Hall–Kier alpha value is -2.45. The minimum absolute atomic E-state index is 0.0655. The summed E-state index contributed by atoms with van der Waals surface area (Å²) in [6.45, 7) is 8.08. The van der Waals surface area contributed by atoms with Gasteiger partial charge in [0, 0.05) is 39.8 Å². The summed E-state index contributed by atoms with van der Waals surface area (Å²) in [7, 11) is 3.30. The number of aromatic nitrogens is 3. The van der Waals surface area contributed by atoms with Crippen LogP contribution in [-0.2, 0) is 28.2 Å². The van der Waals surface area contributed by atoms with Crippen molar-refractivity contribution in [2.75, 3.05) is 40.4 Å². The van der Waals surface area contributed by atoms with Crippen LogP contribution in [0.4, 0.5) is 0 Å². The van der Waals surface area contributed by atoms with Gasteiger partial charge in [-0.15, -0.1) is 5.10 Å². The smallest absolute Gasteiger partial charge is 0.244 e. The summed E-state index contributed by atoms with van der Waals surface area (Å²) in [4.78, 5) is 16.9. The molecule has 1 aromatic heterocycles. The molecule has 0 aliphatic carbocycles. The van der Waals surface area contributed by atoms with Crippen LogP contribution in [0.2, 0.25) is 0 Å². The van der Waals surface area contributed by atoms with E-state index in [-0.39, 0.29) is 12.5 Å². The number of carbonyl (C=O) groups excluding carboxylic acids is 1. The third-order valence-electron chi connectivity index (χ3n) is 5.25. The van der Waals surface area contributed by atoms with E-state index in [1.807, 2.05) is 30.9 Å². The van der Waals surface area contributed by atoms with Gasteiger partial charge in [0.2, 0.25) is 5.91 Å². The summed E-state index contributed by atoms with van der Waals surface area (Å²) in [5, 5.41) is 8.20. The van der Waals surface area contributed by atoms with Gasteiger partial charge in [-0.1, -0.05) is 17.3 Å². The van der Waals surface area contributed by atoms with E-state index < -0.39 is 5.60 Å². The zero-order chi connectivity index (χ0) is 20.1. The molecule has 0 N–H and O–H groups in total. The first-order valence-electron chi connectivity index (χ1n) is 9.50. The van der Waals surface area contributed by atoms with Crippen LogP contribution in [0.1, 0.15) is 25.1 Å². The molecule has 2 heterocycles. The first kappa shape index (κ1) is 20.3. The highest BCUT2D eigenvalue weighted by Crippen LogP contribution is 2.20. The Morgan fingerprint density at radius 3 is 2.39 bits per heavy atom. The number of ether oxygens (including phenoxy) is 2. The van der Waals surface area contributed by atoms with Crippen LogP contribution < -0.4 is 4.74 Å². The van der Waals surface area contributed by atoms with Crippen LogP contribution in [0.3, 0.4) is 0 Å². The Bertz CT molecular complexity index is 779. The lowest BCUT2D eigenvalue weighted by Crippen LogP contribution is -2.49. The Morgan fingerprint density at radius 1 is 1.11 bits per heavy atom. The number of methoxy groups -OCH3 is 2. The number of piperazine rings is 1. The van der Waals surface area contributed by atoms with E-state index in [0.717, 1.165) is 38.5 Å². The van der Waals surface area contributed by atoms with Gasteiger partial charge in [0.1, 0.15) is 23.6 Å². The van der Waals surface area contributed by atoms with Gasteiger partial charge in [0.15, 0.2) is 0 Å². The number of hydrogen-bond acceptors (Lipinski definition) is 6. The third-order valence-corrected chi connectivity index (χ3v) is 5.25. The highest BCUT2D eigenvalue weighted by atomic mass is 16.5. The molecule has 28 heavy (non-hydrogen) atoms. The van der Waals surface area contributed by atoms with Gasteiger partial charge in [-0.05, 0) is 31.5 Å². The quantitative estimate of drug-likeness (QED) is 0.717. The number of amides is 1. The Labute approximate surface area is 166 Å². The van der Waals surface area contributed by atoms with E-state index in [9.17, 15) is 4.79 Å². The van der Waals surface area contributed by atoms with Crippen LogP contribution in [0.15, 0.2) is 30.5 Å². The lowest BCUT2D eigenvalue weighted by atomic mass is 10.1. The molecule has 8 nitrogen and oxygen atoms in total. The van der Waals surface area contributed by atoms with E-state index in [0.29, 0.717) is 5.69 Å². The number of hydrogen-bond donors (Lipinski definition) is 0. The molecular formula is C20H29N5O3. The molecule has 0 radical (unpaired) electrons. The molecule has 1 aliphatic rings. The first-order chi connectivity index (χ1) is 13.4. The van der Waals surface area contributed by atoms with Crippen molar-refractivity contribution in [3.05, 3.63) is 41.7 Å². The lowest BCUT2D eigenvalue weighted by molar-refractivity contribution is -0.133. The third kappa shape index (κ3) is 4.88. The fourth-order valence-electron chi connectivity index (χ4n) is 3.14. The minimum atomic E-state index is -0.519. The summed E-state index contributed by atoms with van der Waals surface area (Å²) in [5.74, 6) is 0.931. The van der Waals surface area contributed by atoms with Gasteiger partial charge >= 0.3 is 0 Å². The summed E-state index contributed by atoms with van der Waals surface area (Å²) >= 11 is 0. The zero-order valence-electron chi connectivity index (χ0n) is 17.1. The van der Waals surface area contributed by atoms with Crippen molar-refractivity contribution >= 4 is 5.91 Å². The summed E-state index contributed by atoms with van der Waals surface area (Å²) < 4.78 is 12.2. The Balaban J connectivity index is 1.48. The summed E-state index contributed by atoms with van der Waals surface area (Å²) in [6, 6.07) is 8.12. The van der Waals surface area contributed by atoms with Crippen LogP contribution in [-0.4, -0.2) is 71.1 Å². The van der Waals surface area contributed by atoms with Crippen molar-refractivity contribution in [1.82, 2.24) is 24.8 Å². The van der Waals surface area contributed by atoms with Crippen molar-refractivity contribution in [3.63, 3.8) is 0 Å². The molecule has 8 heteroatoms. The minimum Gasteiger partial charge on any atom is -0.497 e. The van der Waals surface area contributed by atoms with Crippen molar-refractivity contribution in [2.45, 2.75) is 32.5 Å².